The number of aliphatic carboxylic acids is 1. The van der Waals surface area contributed by atoms with Crippen LogP contribution in [0.5, 0.6) is 0 Å². The Morgan fingerprint density at radius 1 is 1.12 bits per heavy atom. The summed E-state index contributed by atoms with van der Waals surface area (Å²) in [7, 11) is 0. The number of nitrogens with one attached hydrogen (secondary N) is 1. The second-order valence-corrected chi connectivity index (χ2v) is 5.91. The molecule has 0 radical (unpaired) electrons. The molecule has 0 unspecified atom stereocenters. The molecule has 2 aromatic rings. The molecule has 122 valence electrons. The van der Waals surface area contributed by atoms with E-state index in [0.29, 0.717) is 12.0 Å². The van der Waals surface area contributed by atoms with E-state index >= 15 is 0 Å². The Morgan fingerprint density at radius 3 is 2.42 bits per heavy atom. The SMILES string of the molecule is Cc1ccccc1-c1ccc(C(=O)N2CCC(=N)[C@H]2C(=O)O)cc1. The van der Waals surface area contributed by atoms with Gasteiger partial charge in [0.05, 0.1) is 0 Å². The highest BCUT2D eigenvalue weighted by molar-refractivity contribution is 6.10. The average Bonchev–Trinajstić information content (AvgIpc) is 2.97. The molecule has 1 fully saturated rings. The van der Waals surface area contributed by atoms with E-state index in [1.807, 2.05) is 43.3 Å². The highest BCUT2D eigenvalue weighted by Gasteiger charge is 2.38. The van der Waals surface area contributed by atoms with Gasteiger partial charge >= 0.3 is 5.97 Å². The van der Waals surface area contributed by atoms with Crippen LogP contribution < -0.4 is 0 Å². The molecule has 0 bridgehead atoms. The molecule has 1 amide bonds. The number of benzene rings is 2. The number of hydrogen-bond acceptors (Lipinski definition) is 3. The normalized spacial score (nSPS) is 17.1. The molecule has 2 aromatic carbocycles. The largest absolute Gasteiger partial charge is 0.479 e. The number of hydrogen-bond donors (Lipinski definition) is 2. The summed E-state index contributed by atoms with van der Waals surface area (Å²) in [5.41, 5.74) is 3.77. The predicted octanol–water partition coefficient (Wildman–Crippen LogP) is 2.98. The van der Waals surface area contributed by atoms with Gasteiger partial charge in [-0.1, -0.05) is 36.4 Å². The number of nitrogens with zero attached hydrogens (tertiary/aromatic N) is 1. The first-order valence-corrected chi connectivity index (χ1v) is 7.76. The van der Waals surface area contributed by atoms with Crippen LogP contribution in [0, 0.1) is 12.3 Å². The maximum Gasteiger partial charge on any atom is 0.332 e. The summed E-state index contributed by atoms with van der Waals surface area (Å²) in [6, 6.07) is 14.0. The van der Waals surface area contributed by atoms with Crippen molar-refractivity contribution < 1.29 is 14.7 Å². The van der Waals surface area contributed by atoms with Crippen LogP contribution in [0.4, 0.5) is 0 Å². The molecular formula is C19H18N2O3. The van der Waals surface area contributed by atoms with Crippen LogP contribution in [0.15, 0.2) is 48.5 Å². The van der Waals surface area contributed by atoms with Gasteiger partial charge in [0.2, 0.25) is 0 Å². The van der Waals surface area contributed by atoms with Crippen molar-refractivity contribution >= 4 is 17.6 Å². The second-order valence-electron chi connectivity index (χ2n) is 5.91. The van der Waals surface area contributed by atoms with E-state index in [-0.39, 0.29) is 18.2 Å². The van der Waals surface area contributed by atoms with Gasteiger partial charge in [-0.2, -0.15) is 0 Å². The number of carbonyl (C=O) groups is 2. The van der Waals surface area contributed by atoms with Gasteiger partial charge in [0.1, 0.15) is 0 Å². The third kappa shape index (κ3) is 2.80. The molecule has 1 saturated heterocycles. The average molecular weight is 322 g/mol. The Balaban J connectivity index is 1.86. The van der Waals surface area contributed by atoms with Crippen molar-refractivity contribution in [2.24, 2.45) is 0 Å². The summed E-state index contributed by atoms with van der Waals surface area (Å²) in [6.07, 6.45) is 0.310. The fourth-order valence-electron chi connectivity index (χ4n) is 3.05. The first-order chi connectivity index (χ1) is 11.5. The molecule has 5 nitrogen and oxygen atoms in total. The topological polar surface area (TPSA) is 81.5 Å². The minimum Gasteiger partial charge on any atom is -0.479 e. The fraction of sp³-hybridized carbons (Fsp3) is 0.211. The van der Waals surface area contributed by atoms with Crippen molar-refractivity contribution in [3.63, 3.8) is 0 Å². The van der Waals surface area contributed by atoms with Crippen molar-refractivity contribution in [3.8, 4) is 11.1 Å². The lowest BCUT2D eigenvalue weighted by molar-refractivity contribution is -0.139. The number of carboxylic acids is 1. The first kappa shape index (κ1) is 15.9. The maximum absolute atomic E-state index is 12.6. The standard InChI is InChI=1S/C19H18N2O3/c1-12-4-2-3-5-15(12)13-6-8-14(9-7-13)18(22)21-11-10-16(20)17(21)19(23)24/h2-9,17,20H,10-11H2,1H3,(H,23,24)/t17-/m0/s1. The Labute approximate surface area is 140 Å². The van der Waals surface area contributed by atoms with E-state index in [2.05, 4.69) is 0 Å². The van der Waals surface area contributed by atoms with Gasteiger partial charge in [0.15, 0.2) is 6.04 Å². The van der Waals surface area contributed by atoms with Crippen LogP contribution in [-0.4, -0.2) is 40.2 Å². The third-order valence-corrected chi connectivity index (χ3v) is 4.35. The van der Waals surface area contributed by atoms with Crippen LogP contribution in [0.1, 0.15) is 22.3 Å². The van der Waals surface area contributed by atoms with E-state index in [1.165, 1.54) is 4.90 Å². The maximum atomic E-state index is 12.6. The fourth-order valence-corrected chi connectivity index (χ4v) is 3.05. The molecule has 24 heavy (non-hydrogen) atoms. The molecule has 3 rings (SSSR count). The lowest BCUT2D eigenvalue weighted by Crippen LogP contribution is -2.43. The van der Waals surface area contributed by atoms with E-state index in [1.54, 1.807) is 12.1 Å². The highest BCUT2D eigenvalue weighted by Crippen LogP contribution is 2.24. The minimum absolute atomic E-state index is 0.0763. The number of aryl methyl sites for hydroxylation is 1. The molecular weight excluding hydrogens is 304 g/mol. The molecule has 2 N–H and O–H groups in total. The molecule has 1 atom stereocenters. The van der Waals surface area contributed by atoms with Crippen molar-refractivity contribution in [1.29, 1.82) is 5.41 Å². The van der Waals surface area contributed by atoms with Gasteiger partial charge < -0.3 is 15.4 Å². The van der Waals surface area contributed by atoms with Crippen molar-refractivity contribution in [2.75, 3.05) is 6.54 Å². The second kappa shape index (κ2) is 6.28. The number of amides is 1. The molecule has 1 aliphatic rings. The van der Waals surface area contributed by atoms with E-state index < -0.39 is 12.0 Å². The van der Waals surface area contributed by atoms with Crippen molar-refractivity contribution in [2.45, 2.75) is 19.4 Å². The Morgan fingerprint density at radius 2 is 1.79 bits per heavy atom. The van der Waals surface area contributed by atoms with Gasteiger partial charge in [-0.3, -0.25) is 4.79 Å². The predicted molar refractivity (Wildman–Crippen MR) is 91.4 cm³/mol. The monoisotopic (exact) mass is 322 g/mol. The van der Waals surface area contributed by atoms with E-state index in [0.717, 1.165) is 16.7 Å². The third-order valence-electron chi connectivity index (χ3n) is 4.35. The van der Waals surface area contributed by atoms with Crippen LogP contribution >= 0.6 is 0 Å². The lowest BCUT2D eigenvalue weighted by Gasteiger charge is -2.21. The molecule has 0 aromatic heterocycles. The van der Waals surface area contributed by atoms with E-state index in [9.17, 15) is 14.7 Å². The highest BCUT2D eigenvalue weighted by atomic mass is 16.4. The van der Waals surface area contributed by atoms with Gasteiger partial charge in [-0.25, -0.2) is 4.79 Å². The molecule has 0 spiro atoms. The van der Waals surface area contributed by atoms with Crippen LogP contribution in [0.3, 0.4) is 0 Å². The number of likely N-dealkylation sites (tertiary alicyclic amines) is 1. The molecule has 0 saturated carbocycles. The Bertz CT molecular complexity index is 812. The summed E-state index contributed by atoms with van der Waals surface area (Å²) < 4.78 is 0. The number of carbonyl (C=O) groups excluding carboxylic acids is 1. The smallest absolute Gasteiger partial charge is 0.332 e. The van der Waals surface area contributed by atoms with Gasteiger partial charge in [-0.15, -0.1) is 0 Å². The zero-order valence-corrected chi connectivity index (χ0v) is 13.3. The minimum atomic E-state index is -1.15. The number of rotatable bonds is 3. The van der Waals surface area contributed by atoms with Crippen molar-refractivity contribution in [1.82, 2.24) is 4.90 Å². The van der Waals surface area contributed by atoms with Crippen molar-refractivity contribution in [3.05, 3.63) is 59.7 Å². The van der Waals surface area contributed by atoms with Crippen LogP contribution in [0.25, 0.3) is 11.1 Å². The zero-order valence-electron chi connectivity index (χ0n) is 13.3. The summed E-state index contributed by atoms with van der Waals surface area (Å²) in [5.74, 6) is -1.50. The van der Waals surface area contributed by atoms with Gasteiger partial charge in [0, 0.05) is 24.2 Å². The Kier molecular flexibility index (Phi) is 4.16. The van der Waals surface area contributed by atoms with Gasteiger partial charge in [0.25, 0.3) is 5.91 Å². The first-order valence-electron chi connectivity index (χ1n) is 7.76. The quantitative estimate of drug-likeness (QED) is 0.911. The summed E-state index contributed by atoms with van der Waals surface area (Å²) in [4.78, 5) is 25.1. The summed E-state index contributed by atoms with van der Waals surface area (Å²) in [5, 5.41) is 17.0. The zero-order chi connectivity index (χ0) is 17.3. The van der Waals surface area contributed by atoms with E-state index in [4.69, 9.17) is 5.41 Å². The summed E-state index contributed by atoms with van der Waals surface area (Å²) >= 11 is 0. The molecule has 0 aliphatic carbocycles. The summed E-state index contributed by atoms with van der Waals surface area (Å²) in [6.45, 7) is 2.30. The Hall–Kier alpha value is -2.95. The van der Waals surface area contributed by atoms with Crippen LogP contribution in [-0.2, 0) is 4.79 Å². The molecule has 1 heterocycles. The van der Waals surface area contributed by atoms with Gasteiger partial charge in [-0.05, 0) is 35.7 Å². The molecule has 1 aliphatic heterocycles. The lowest BCUT2D eigenvalue weighted by atomic mass is 9.99. The van der Waals surface area contributed by atoms with Crippen LogP contribution in [0.2, 0.25) is 0 Å². The number of carboxylic acid groups (broad SMARTS) is 1. The molecule has 5 heteroatoms.